The van der Waals surface area contributed by atoms with Crippen molar-refractivity contribution in [1.82, 2.24) is 29.1 Å². The molecule has 0 atom stereocenters. The van der Waals surface area contributed by atoms with Crippen molar-refractivity contribution in [2.24, 2.45) is 7.05 Å². The highest BCUT2D eigenvalue weighted by Crippen LogP contribution is 2.40. The van der Waals surface area contributed by atoms with Crippen molar-refractivity contribution in [1.29, 1.82) is 0 Å². The molecule has 0 bridgehead atoms. The Bertz CT molecular complexity index is 1570. The number of anilines is 2. The van der Waals surface area contributed by atoms with E-state index in [2.05, 4.69) is 20.5 Å². The molecule has 4 aromatic rings. The monoisotopic (exact) mass is 539 g/mol. The van der Waals surface area contributed by atoms with Gasteiger partial charge >= 0.3 is 11.9 Å². The molecule has 3 aromatic heterocycles. The number of aryl methyl sites for hydroxylation is 3. The predicted molar refractivity (Wildman–Crippen MR) is 129 cm³/mol. The van der Waals surface area contributed by atoms with Crippen LogP contribution in [0, 0.1) is 19.7 Å². The smallest absolute Gasteiger partial charge is 0.422 e. The van der Waals surface area contributed by atoms with Crippen LogP contribution >= 0.6 is 0 Å². The fraction of sp³-hybridized carbons (Fsp3) is 0.391. The fourth-order valence-electron chi connectivity index (χ4n) is 4.15. The summed E-state index contributed by atoms with van der Waals surface area (Å²) in [4.78, 5) is 17.2. The number of halogens is 4. The summed E-state index contributed by atoms with van der Waals surface area (Å²) in [5.41, 5.74) is 0.221. The van der Waals surface area contributed by atoms with Crippen molar-refractivity contribution in [3.05, 3.63) is 45.5 Å². The van der Waals surface area contributed by atoms with Crippen LogP contribution in [0.4, 0.5) is 29.1 Å². The molecule has 3 heterocycles. The van der Waals surface area contributed by atoms with E-state index in [0.717, 1.165) is 15.3 Å². The molecule has 1 aromatic carbocycles. The molecular formula is C23H25F4N7O4. The number of pyridine rings is 1. The van der Waals surface area contributed by atoms with E-state index in [-0.39, 0.29) is 35.0 Å². The maximum absolute atomic E-state index is 16.0. The zero-order valence-corrected chi connectivity index (χ0v) is 21.1. The van der Waals surface area contributed by atoms with Crippen molar-refractivity contribution < 1.29 is 32.1 Å². The molecule has 38 heavy (non-hydrogen) atoms. The summed E-state index contributed by atoms with van der Waals surface area (Å²) in [6, 6.07) is 2.70. The Hall–Kier alpha value is -4.14. The Balaban J connectivity index is 1.99. The summed E-state index contributed by atoms with van der Waals surface area (Å²) in [7, 11) is 2.79. The van der Waals surface area contributed by atoms with Gasteiger partial charge in [-0.3, -0.25) is 9.25 Å². The summed E-state index contributed by atoms with van der Waals surface area (Å²) in [5.74, 6) is -1.26. The number of alkyl halides is 3. The Labute approximate surface area is 213 Å². The number of aromatic nitrogens is 6. The van der Waals surface area contributed by atoms with Gasteiger partial charge in [-0.2, -0.15) is 23.0 Å². The van der Waals surface area contributed by atoms with Crippen LogP contribution in [0.5, 0.6) is 11.6 Å². The van der Waals surface area contributed by atoms with Crippen LogP contribution in [0.1, 0.15) is 24.0 Å². The number of benzene rings is 1. The topological polar surface area (TPSA) is 121 Å². The standard InChI is InChI=1S/C23H25F4N7O4/c1-6-33-15(9-35)30-34(22(33)36)13-8-14(38-10-23(25,26)27)16-19(17(13)24)32(4)31-20(16)29-18-11(2)7-12(3)28-21(18)37-5/h7-8,35H,6,9-10H2,1-5H3,(H,29,31). The molecule has 0 saturated heterocycles. The molecule has 4 rings (SSSR count). The van der Waals surface area contributed by atoms with Gasteiger partial charge in [0.1, 0.15) is 29.2 Å². The van der Waals surface area contributed by atoms with Gasteiger partial charge in [-0.25, -0.2) is 14.2 Å². The summed E-state index contributed by atoms with van der Waals surface area (Å²) in [6.45, 7) is 2.99. The maximum Gasteiger partial charge on any atom is 0.422 e. The largest absolute Gasteiger partial charge is 0.483 e. The van der Waals surface area contributed by atoms with Crippen molar-refractivity contribution in [3.63, 3.8) is 0 Å². The Morgan fingerprint density at radius 1 is 1.18 bits per heavy atom. The lowest BCUT2D eigenvalue weighted by Crippen LogP contribution is -2.25. The minimum absolute atomic E-state index is 0.0281. The maximum atomic E-state index is 16.0. The van der Waals surface area contributed by atoms with Crippen molar-refractivity contribution >= 4 is 22.4 Å². The highest BCUT2D eigenvalue weighted by Gasteiger charge is 2.31. The Morgan fingerprint density at radius 3 is 2.47 bits per heavy atom. The van der Waals surface area contributed by atoms with Gasteiger partial charge in [0.15, 0.2) is 24.1 Å². The third kappa shape index (κ3) is 4.76. The first kappa shape index (κ1) is 26.9. The number of rotatable bonds is 8. The second-order valence-corrected chi connectivity index (χ2v) is 8.41. The van der Waals surface area contributed by atoms with Crippen LogP contribution in [0.25, 0.3) is 16.6 Å². The molecule has 2 N–H and O–H groups in total. The third-order valence-electron chi connectivity index (χ3n) is 5.76. The molecule has 0 spiro atoms. The van der Waals surface area contributed by atoms with Crippen LogP contribution in [0.2, 0.25) is 0 Å². The van der Waals surface area contributed by atoms with Gasteiger partial charge < -0.3 is 19.9 Å². The van der Waals surface area contributed by atoms with E-state index in [1.165, 1.54) is 14.2 Å². The molecule has 0 aliphatic rings. The Morgan fingerprint density at radius 2 is 1.89 bits per heavy atom. The first-order valence-electron chi connectivity index (χ1n) is 11.4. The lowest BCUT2D eigenvalue weighted by molar-refractivity contribution is -0.153. The van der Waals surface area contributed by atoms with Gasteiger partial charge in [-0.1, -0.05) is 0 Å². The summed E-state index contributed by atoms with van der Waals surface area (Å²) in [5, 5.41) is 20.7. The summed E-state index contributed by atoms with van der Waals surface area (Å²) >= 11 is 0. The minimum Gasteiger partial charge on any atom is -0.483 e. The first-order chi connectivity index (χ1) is 17.9. The zero-order chi connectivity index (χ0) is 27.9. The number of nitrogens with one attached hydrogen (secondary N) is 1. The summed E-state index contributed by atoms with van der Waals surface area (Å²) in [6.07, 6.45) is -4.71. The van der Waals surface area contributed by atoms with Crippen LogP contribution < -0.4 is 20.5 Å². The highest BCUT2D eigenvalue weighted by molar-refractivity contribution is 5.99. The van der Waals surface area contributed by atoms with Gasteiger partial charge in [0.25, 0.3) is 0 Å². The van der Waals surface area contributed by atoms with Gasteiger partial charge in [-0.15, -0.1) is 5.10 Å². The number of ether oxygens (including phenoxy) is 2. The average molecular weight is 539 g/mol. The molecule has 15 heteroatoms. The lowest BCUT2D eigenvalue weighted by Gasteiger charge is -2.15. The molecular weight excluding hydrogens is 514 g/mol. The third-order valence-corrected chi connectivity index (χ3v) is 5.76. The number of fused-ring (bicyclic) bond motifs is 1. The minimum atomic E-state index is -4.71. The summed E-state index contributed by atoms with van der Waals surface area (Å²) < 4.78 is 68.7. The molecule has 11 nitrogen and oxygen atoms in total. The number of aliphatic hydroxyl groups is 1. The molecule has 0 aliphatic carbocycles. The normalized spacial score (nSPS) is 11.8. The van der Waals surface area contributed by atoms with Crippen LogP contribution in [-0.4, -0.2) is 54.1 Å². The number of hydrogen-bond donors (Lipinski definition) is 2. The second kappa shape index (κ2) is 9.96. The fourth-order valence-corrected chi connectivity index (χ4v) is 4.15. The van der Waals surface area contributed by atoms with E-state index in [4.69, 9.17) is 9.47 Å². The van der Waals surface area contributed by atoms with Gasteiger partial charge in [-0.05, 0) is 32.4 Å². The first-order valence-corrected chi connectivity index (χ1v) is 11.4. The van der Waals surface area contributed by atoms with E-state index >= 15 is 4.39 Å². The second-order valence-electron chi connectivity index (χ2n) is 8.41. The van der Waals surface area contributed by atoms with Crippen LogP contribution in [-0.2, 0) is 20.2 Å². The predicted octanol–water partition coefficient (Wildman–Crippen LogP) is 3.28. The number of methoxy groups -OCH3 is 1. The number of hydrogen-bond acceptors (Lipinski definition) is 8. The van der Waals surface area contributed by atoms with Gasteiger partial charge in [0, 0.05) is 25.4 Å². The van der Waals surface area contributed by atoms with Crippen molar-refractivity contribution in [2.45, 2.75) is 40.1 Å². The zero-order valence-electron chi connectivity index (χ0n) is 21.1. The van der Waals surface area contributed by atoms with E-state index < -0.39 is 42.3 Å². The highest BCUT2D eigenvalue weighted by atomic mass is 19.4. The quantitative estimate of drug-likeness (QED) is 0.328. The molecule has 204 valence electrons. The molecule has 0 saturated carbocycles. The molecule has 0 amide bonds. The molecule has 0 aliphatic heterocycles. The van der Waals surface area contributed by atoms with E-state index in [1.54, 1.807) is 26.8 Å². The van der Waals surface area contributed by atoms with Crippen LogP contribution in [0.3, 0.4) is 0 Å². The van der Waals surface area contributed by atoms with Crippen molar-refractivity contribution in [2.75, 3.05) is 19.0 Å². The van der Waals surface area contributed by atoms with Crippen LogP contribution in [0.15, 0.2) is 16.9 Å². The molecule has 0 fully saturated rings. The SMILES string of the molecule is CCn1c(CO)nn(-c2cc(OCC(F)(F)F)c3c(Nc4c(C)cc(C)nc4OC)nn(C)c3c2F)c1=O. The van der Waals surface area contributed by atoms with E-state index in [1.807, 2.05) is 0 Å². The van der Waals surface area contributed by atoms with Gasteiger partial charge in [0.2, 0.25) is 5.88 Å². The van der Waals surface area contributed by atoms with Crippen molar-refractivity contribution in [3.8, 4) is 17.3 Å². The van der Waals surface area contributed by atoms with E-state index in [9.17, 15) is 23.1 Å². The molecule has 0 radical (unpaired) electrons. The molecule has 0 unspecified atom stereocenters. The number of nitrogens with zero attached hydrogens (tertiary/aromatic N) is 6. The van der Waals surface area contributed by atoms with E-state index in [0.29, 0.717) is 21.6 Å². The Kier molecular flexibility index (Phi) is 7.06. The lowest BCUT2D eigenvalue weighted by atomic mass is 10.1. The number of aliphatic hydroxyl groups excluding tert-OH is 1. The average Bonchev–Trinajstić information content (AvgIpc) is 3.35. The van der Waals surface area contributed by atoms with Gasteiger partial charge in [0.05, 0.1) is 12.5 Å².